The molecular weight excluding hydrogens is 340 g/mol. The molecule has 2 rings (SSSR count). The third kappa shape index (κ3) is 4.96. The average Bonchev–Trinajstić information content (AvgIpc) is 3.40. The standard InChI is InChI=1S/C19H23ClN2O3/c1-12(2)17(13-4-8-15(20)9-5-13)18(24)25-10-16(23)22-19(3,11-21)14-6-7-14/h4-5,8-9,12,14,17H,6-7,10H2,1-3H3,(H,22,23)/t17-,19-/m1/s1. The molecule has 0 heterocycles. The van der Waals surface area contributed by atoms with Crippen molar-refractivity contribution < 1.29 is 14.3 Å². The molecule has 134 valence electrons. The van der Waals surface area contributed by atoms with Crippen molar-refractivity contribution in [3.8, 4) is 6.07 Å². The van der Waals surface area contributed by atoms with Gasteiger partial charge in [0, 0.05) is 5.02 Å². The van der Waals surface area contributed by atoms with Crippen LogP contribution in [0.4, 0.5) is 0 Å². The topological polar surface area (TPSA) is 79.2 Å². The van der Waals surface area contributed by atoms with E-state index in [1.807, 2.05) is 13.8 Å². The number of carbonyl (C=O) groups excluding carboxylic acids is 2. The van der Waals surface area contributed by atoms with E-state index in [-0.39, 0.29) is 18.4 Å². The summed E-state index contributed by atoms with van der Waals surface area (Å²) in [6, 6.07) is 9.16. The molecule has 0 bridgehead atoms. The second-order valence-electron chi connectivity index (χ2n) is 7.02. The van der Waals surface area contributed by atoms with Gasteiger partial charge in [0.1, 0.15) is 5.54 Å². The lowest BCUT2D eigenvalue weighted by Crippen LogP contribution is -2.48. The summed E-state index contributed by atoms with van der Waals surface area (Å²) in [6.45, 7) is 5.15. The fourth-order valence-corrected chi connectivity index (χ4v) is 3.02. The van der Waals surface area contributed by atoms with Gasteiger partial charge in [-0.15, -0.1) is 0 Å². The molecule has 1 saturated carbocycles. The van der Waals surface area contributed by atoms with Crippen LogP contribution in [-0.4, -0.2) is 24.0 Å². The first-order valence-electron chi connectivity index (χ1n) is 8.41. The normalized spacial score (nSPS) is 17.3. The molecule has 1 fully saturated rings. The summed E-state index contributed by atoms with van der Waals surface area (Å²) in [5.74, 6) is -1.21. The highest BCUT2D eigenvalue weighted by Gasteiger charge is 2.43. The van der Waals surface area contributed by atoms with Crippen LogP contribution in [0.25, 0.3) is 0 Å². The van der Waals surface area contributed by atoms with Crippen LogP contribution in [0.2, 0.25) is 5.02 Å². The molecule has 1 N–H and O–H groups in total. The SMILES string of the molecule is CC(C)[C@@H](C(=O)OCC(=O)N[C@](C)(C#N)C1CC1)c1ccc(Cl)cc1. The average molecular weight is 363 g/mol. The van der Waals surface area contributed by atoms with Crippen molar-refractivity contribution in [2.75, 3.05) is 6.61 Å². The molecule has 0 spiro atoms. The number of carbonyl (C=O) groups is 2. The molecule has 0 aliphatic heterocycles. The lowest BCUT2D eigenvalue weighted by atomic mass is 9.88. The van der Waals surface area contributed by atoms with Crippen molar-refractivity contribution in [2.45, 2.75) is 45.1 Å². The van der Waals surface area contributed by atoms with Gasteiger partial charge in [0.15, 0.2) is 6.61 Å². The van der Waals surface area contributed by atoms with Crippen LogP contribution in [0.3, 0.4) is 0 Å². The maximum Gasteiger partial charge on any atom is 0.314 e. The smallest absolute Gasteiger partial charge is 0.314 e. The zero-order valence-electron chi connectivity index (χ0n) is 14.7. The van der Waals surface area contributed by atoms with Gasteiger partial charge in [-0.3, -0.25) is 9.59 Å². The largest absolute Gasteiger partial charge is 0.455 e. The Hall–Kier alpha value is -2.06. The van der Waals surface area contributed by atoms with E-state index in [9.17, 15) is 14.9 Å². The summed E-state index contributed by atoms with van der Waals surface area (Å²) in [7, 11) is 0. The van der Waals surface area contributed by atoms with E-state index in [0.717, 1.165) is 18.4 Å². The van der Waals surface area contributed by atoms with Crippen molar-refractivity contribution in [3.05, 3.63) is 34.9 Å². The van der Waals surface area contributed by atoms with Crippen molar-refractivity contribution in [1.82, 2.24) is 5.32 Å². The quantitative estimate of drug-likeness (QED) is 0.753. The Morgan fingerprint density at radius 1 is 1.36 bits per heavy atom. The second kappa shape index (κ2) is 7.88. The van der Waals surface area contributed by atoms with E-state index in [4.69, 9.17) is 16.3 Å². The number of nitrogens with one attached hydrogen (secondary N) is 1. The Balaban J connectivity index is 1.96. The van der Waals surface area contributed by atoms with Crippen molar-refractivity contribution >= 4 is 23.5 Å². The second-order valence-corrected chi connectivity index (χ2v) is 7.45. The van der Waals surface area contributed by atoms with E-state index in [1.165, 1.54) is 0 Å². The first kappa shape index (κ1) is 19.3. The third-order valence-electron chi connectivity index (χ3n) is 4.52. The van der Waals surface area contributed by atoms with E-state index >= 15 is 0 Å². The summed E-state index contributed by atoms with van der Waals surface area (Å²) >= 11 is 5.89. The summed E-state index contributed by atoms with van der Waals surface area (Å²) in [6.07, 6.45) is 1.85. The molecule has 25 heavy (non-hydrogen) atoms. The van der Waals surface area contributed by atoms with Crippen molar-refractivity contribution in [3.63, 3.8) is 0 Å². The van der Waals surface area contributed by atoms with Gasteiger partial charge in [0.05, 0.1) is 12.0 Å². The Morgan fingerprint density at radius 3 is 2.44 bits per heavy atom. The molecule has 1 aromatic rings. The molecule has 0 unspecified atom stereocenters. The number of amides is 1. The molecule has 6 heteroatoms. The van der Waals surface area contributed by atoms with E-state index < -0.39 is 23.3 Å². The monoisotopic (exact) mass is 362 g/mol. The number of halogens is 1. The van der Waals surface area contributed by atoms with Crippen molar-refractivity contribution in [1.29, 1.82) is 5.26 Å². The molecular formula is C19H23ClN2O3. The Kier molecular flexibility index (Phi) is 6.07. The number of esters is 1. The summed E-state index contributed by atoms with van der Waals surface area (Å²) in [4.78, 5) is 24.5. The maximum absolute atomic E-state index is 12.5. The molecule has 1 aromatic carbocycles. The molecule has 0 radical (unpaired) electrons. The summed E-state index contributed by atoms with van der Waals surface area (Å²) in [5, 5.41) is 12.5. The van der Waals surface area contributed by atoms with Crippen LogP contribution >= 0.6 is 11.6 Å². The van der Waals surface area contributed by atoms with E-state index in [1.54, 1.807) is 31.2 Å². The molecule has 0 aromatic heterocycles. The lowest BCUT2D eigenvalue weighted by molar-refractivity contribution is -0.151. The fourth-order valence-electron chi connectivity index (χ4n) is 2.90. The molecule has 0 saturated heterocycles. The fraction of sp³-hybridized carbons (Fsp3) is 0.526. The molecule has 1 aliphatic carbocycles. The Morgan fingerprint density at radius 2 is 1.96 bits per heavy atom. The van der Waals surface area contributed by atoms with Gasteiger partial charge >= 0.3 is 5.97 Å². The zero-order valence-corrected chi connectivity index (χ0v) is 15.5. The number of rotatable bonds is 7. The van der Waals surface area contributed by atoms with Crippen LogP contribution in [0.15, 0.2) is 24.3 Å². The molecule has 5 nitrogen and oxygen atoms in total. The van der Waals surface area contributed by atoms with Crippen LogP contribution in [0, 0.1) is 23.2 Å². The van der Waals surface area contributed by atoms with Crippen LogP contribution in [0.1, 0.15) is 45.1 Å². The van der Waals surface area contributed by atoms with E-state index in [0.29, 0.717) is 5.02 Å². The predicted molar refractivity (Wildman–Crippen MR) is 94.9 cm³/mol. The minimum absolute atomic E-state index is 0.00701. The number of ether oxygens (including phenoxy) is 1. The van der Waals surface area contributed by atoms with E-state index in [2.05, 4.69) is 11.4 Å². The van der Waals surface area contributed by atoms with Gasteiger partial charge < -0.3 is 10.1 Å². The highest BCUT2D eigenvalue weighted by atomic mass is 35.5. The van der Waals surface area contributed by atoms with Crippen LogP contribution in [0.5, 0.6) is 0 Å². The van der Waals surface area contributed by atoms with Gasteiger partial charge in [-0.05, 0) is 49.3 Å². The maximum atomic E-state index is 12.5. The predicted octanol–water partition coefficient (Wildman–Crippen LogP) is 3.43. The first-order valence-corrected chi connectivity index (χ1v) is 8.79. The molecule has 1 aliphatic rings. The molecule has 2 atom stereocenters. The van der Waals surface area contributed by atoms with Crippen molar-refractivity contribution in [2.24, 2.45) is 11.8 Å². The zero-order chi connectivity index (χ0) is 18.6. The number of hydrogen-bond acceptors (Lipinski definition) is 4. The van der Waals surface area contributed by atoms with Gasteiger partial charge in [0.25, 0.3) is 5.91 Å². The summed E-state index contributed by atoms with van der Waals surface area (Å²) in [5.41, 5.74) is -0.0958. The lowest BCUT2D eigenvalue weighted by Gasteiger charge is -2.23. The first-order chi connectivity index (χ1) is 11.8. The number of benzene rings is 1. The number of hydrogen-bond donors (Lipinski definition) is 1. The van der Waals surface area contributed by atoms with Crippen LogP contribution in [-0.2, 0) is 14.3 Å². The van der Waals surface area contributed by atoms with Gasteiger partial charge in [-0.25, -0.2) is 0 Å². The Labute approximate surface area is 153 Å². The van der Waals surface area contributed by atoms with Gasteiger partial charge in [-0.2, -0.15) is 5.26 Å². The highest BCUT2D eigenvalue weighted by molar-refractivity contribution is 6.30. The number of nitriles is 1. The van der Waals surface area contributed by atoms with Gasteiger partial charge in [0.2, 0.25) is 0 Å². The Bertz CT molecular complexity index is 677. The number of nitrogens with zero attached hydrogens (tertiary/aromatic N) is 1. The molecule has 1 amide bonds. The third-order valence-corrected chi connectivity index (χ3v) is 4.77. The minimum atomic E-state index is -0.892. The highest BCUT2D eigenvalue weighted by Crippen LogP contribution is 2.39. The van der Waals surface area contributed by atoms with Crippen LogP contribution < -0.4 is 5.32 Å². The summed E-state index contributed by atoms with van der Waals surface area (Å²) < 4.78 is 5.21. The minimum Gasteiger partial charge on any atom is -0.455 e. The van der Waals surface area contributed by atoms with Gasteiger partial charge in [-0.1, -0.05) is 37.6 Å².